The molecule has 168 valence electrons. The van der Waals surface area contributed by atoms with Crippen LogP contribution in [0.5, 0.6) is 0 Å². The Morgan fingerprint density at radius 2 is 1.73 bits per heavy atom. The molecule has 1 N–H and O–H groups in total. The van der Waals surface area contributed by atoms with Crippen LogP contribution >= 0.6 is 15.9 Å². The number of halogens is 1. The molecule has 0 aliphatic carbocycles. The number of pyridine rings is 1. The molecule has 3 aromatic rings. The number of carbonyl (C=O) groups excluding carboxylic acids is 2. The second-order valence-corrected chi connectivity index (χ2v) is 10.1. The van der Waals surface area contributed by atoms with Crippen molar-refractivity contribution in [3.05, 3.63) is 99.3 Å². The summed E-state index contributed by atoms with van der Waals surface area (Å²) in [5.41, 5.74) is 3.58. The molecular weight excluding hydrogens is 480 g/mol. The van der Waals surface area contributed by atoms with E-state index in [1.54, 1.807) is 42.7 Å². The fourth-order valence-electron chi connectivity index (χ4n) is 4.07. The van der Waals surface area contributed by atoms with Crippen LogP contribution in [0.2, 0.25) is 0 Å². The van der Waals surface area contributed by atoms with Crippen molar-refractivity contribution in [2.24, 2.45) is 0 Å². The van der Waals surface area contributed by atoms with Gasteiger partial charge in [0.15, 0.2) is 0 Å². The van der Waals surface area contributed by atoms with Crippen molar-refractivity contribution in [2.45, 2.75) is 39.2 Å². The Morgan fingerprint density at radius 1 is 1.03 bits per heavy atom. The number of amides is 1. The summed E-state index contributed by atoms with van der Waals surface area (Å²) in [7, 11) is 0. The standard InChI is InChI=1S/C27H25BrN2O3/c1-16-8-9-18(27(2,3)4)14-21(16)24(31)22-23(17-10-12-29-13-11-17)30(26(33)25(22)32)20-7-5-6-19(28)15-20/h5-15,23,31H,1-4H3/b24-22+. The lowest BCUT2D eigenvalue weighted by Crippen LogP contribution is -2.29. The van der Waals surface area contributed by atoms with Crippen molar-refractivity contribution in [1.29, 1.82) is 0 Å². The zero-order valence-electron chi connectivity index (χ0n) is 19.0. The SMILES string of the molecule is Cc1ccc(C(C)(C)C)cc1/C(O)=C1\C(=O)C(=O)N(c2cccc(Br)c2)C1c1ccncc1. The Balaban J connectivity index is 1.98. The molecule has 1 atom stereocenters. The second kappa shape index (κ2) is 8.60. The van der Waals surface area contributed by atoms with Crippen LogP contribution in [0, 0.1) is 6.92 Å². The number of aromatic nitrogens is 1. The van der Waals surface area contributed by atoms with E-state index in [0.717, 1.165) is 15.6 Å². The lowest BCUT2D eigenvalue weighted by atomic mass is 9.84. The highest BCUT2D eigenvalue weighted by Gasteiger charge is 2.47. The zero-order chi connectivity index (χ0) is 23.9. The van der Waals surface area contributed by atoms with Crippen LogP contribution in [-0.2, 0) is 15.0 Å². The molecular formula is C27H25BrN2O3. The third-order valence-electron chi connectivity index (χ3n) is 5.91. The van der Waals surface area contributed by atoms with E-state index < -0.39 is 17.7 Å². The average molecular weight is 505 g/mol. The number of aryl methyl sites for hydroxylation is 1. The maximum absolute atomic E-state index is 13.3. The van der Waals surface area contributed by atoms with E-state index >= 15 is 0 Å². The normalized spacial score (nSPS) is 18.1. The lowest BCUT2D eigenvalue weighted by Gasteiger charge is -2.26. The van der Waals surface area contributed by atoms with Crippen LogP contribution in [0.25, 0.3) is 5.76 Å². The summed E-state index contributed by atoms with van der Waals surface area (Å²) >= 11 is 3.44. The molecule has 2 heterocycles. The van der Waals surface area contributed by atoms with Gasteiger partial charge in [0.05, 0.1) is 11.6 Å². The molecule has 0 saturated carbocycles. The highest BCUT2D eigenvalue weighted by atomic mass is 79.9. The molecule has 6 heteroatoms. The Labute approximate surface area is 201 Å². The molecule has 1 amide bonds. The highest BCUT2D eigenvalue weighted by Crippen LogP contribution is 2.43. The number of hydrogen-bond donors (Lipinski definition) is 1. The first-order valence-corrected chi connectivity index (χ1v) is 11.5. The van der Waals surface area contributed by atoms with E-state index in [4.69, 9.17) is 0 Å². The Bertz CT molecular complexity index is 1280. The van der Waals surface area contributed by atoms with Gasteiger partial charge < -0.3 is 5.11 Å². The monoisotopic (exact) mass is 504 g/mol. The van der Waals surface area contributed by atoms with Crippen molar-refractivity contribution in [3.8, 4) is 0 Å². The van der Waals surface area contributed by atoms with E-state index in [1.807, 2.05) is 31.2 Å². The van der Waals surface area contributed by atoms with E-state index in [2.05, 4.69) is 41.7 Å². The summed E-state index contributed by atoms with van der Waals surface area (Å²) in [5.74, 6) is -1.56. The van der Waals surface area contributed by atoms with Crippen LogP contribution < -0.4 is 4.90 Å². The van der Waals surface area contributed by atoms with Gasteiger partial charge in [-0.05, 0) is 65.4 Å². The molecule has 1 aliphatic rings. The van der Waals surface area contributed by atoms with E-state index in [-0.39, 0.29) is 16.7 Å². The zero-order valence-corrected chi connectivity index (χ0v) is 20.6. The summed E-state index contributed by atoms with van der Waals surface area (Å²) in [6.07, 6.45) is 3.23. The highest BCUT2D eigenvalue weighted by molar-refractivity contribution is 9.10. The van der Waals surface area contributed by atoms with Crippen LogP contribution in [0.15, 0.2) is 77.0 Å². The largest absolute Gasteiger partial charge is 0.507 e. The molecule has 1 aromatic heterocycles. The fourth-order valence-corrected chi connectivity index (χ4v) is 4.46. The number of aliphatic hydroxyl groups excluding tert-OH is 1. The molecule has 0 bridgehead atoms. The number of nitrogens with zero attached hydrogens (tertiary/aromatic N) is 2. The smallest absolute Gasteiger partial charge is 0.300 e. The molecule has 0 spiro atoms. The maximum Gasteiger partial charge on any atom is 0.300 e. The molecule has 33 heavy (non-hydrogen) atoms. The van der Waals surface area contributed by atoms with Gasteiger partial charge in [-0.1, -0.05) is 54.9 Å². The van der Waals surface area contributed by atoms with Crippen LogP contribution in [0.3, 0.4) is 0 Å². The van der Waals surface area contributed by atoms with Crippen LogP contribution in [0.4, 0.5) is 5.69 Å². The number of Topliss-reactive ketones (excluding diaryl/α,β-unsaturated/α-hetero) is 1. The number of hydrogen-bond acceptors (Lipinski definition) is 4. The number of benzene rings is 2. The molecule has 5 nitrogen and oxygen atoms in total. The first-order chi connectivity index (χ1) is 15.6. The Hall–Kier alpha value is -3.25. The minimum Gasteiger partial charge on any atom is -0.507 e. The van der Waals surface area contributed by atoms with Gasteiger partial charge in [0.1, 0.15) is 5.76 Å². The van der Waals surface area contributed by atoms with Gasteiger partial charge in [-0.3, -0.25) is 19.5 Å². The molecule has 2 aromatic carbocycles. The minimum absolute atomic E-state index is 0.0698. The predicted octanol–water partition coefficient (Wildman–Crippen LogP) is 6.08. The van der Waals surface area contributed by atoms with Gasteiger partial charge in [0.2, 0.25) is 0 Å². The van der Waals surface area contributed by atoms with Crippen molar-refractivity contribution >= 4 is 39.1 Å². The summed E-state index contributed by atoms with van der Waals surface area (Å²) in [6, 6.07) is 15.8. The quantitative estimate of drug-likeness (QED) is 0.266. The molecule has 1 saturated heterocycles. The van der Waals surface area contributed by atoms with Gasteiger partial charge in [-0.25, -0.2) is 0 Å². The van der Waals surface area contributed by atoms with Gasteiger partial charge in [0, 0.05) is 28.1 Å². The van der Waals surface area contributed by atoms with Gasteiger partial charge >= 0.3 is 0 Å². The molecule has 0 radical (unpaired) electrons. The van der Waals surface area contributed by atoms with Crippen molar-refractivity contribution in [3.63, 3.8) is 0 Å². The molecule has 1 unspecified atom stereocenters. The number of carbonyl (C=O) groups is 2. The second-order valence-electron chi connectivity index (χ2n) is 9.21. The van der Waals surface area contributed by atoms with Crippen molar-refractivity contribution < 1.29 is 14.7 Å². The van der Waals surface area contributed by atoms with E-state index in [0.29, 0.717) is 16.8 Å². The summed E-state index contributed by atoms with van der Waals surface area (Å²) < 4.78 is 0.782. The van der Waals surface area contributed by atoms with Crippen molar-refractivity contribution in [2.75, 3.05) is 4.90 Å². The first-order valence-electron chi connectivity index (χ1n) is 10.7. The predicted molar refractivity (Wildman–Crippen MR) is 133 cm³/mol. The third kappa shape index (κ3) is 4.23. The topological polar surface area (TPSA) is 70.5 Å². The molecule has 1 fully saturated rings. The van der Waals surface area contributed by atoms with Gasteiger partial charge in [-0.15, -0.1) is 0 Å². The van der Waals surface area contributed by atoms with Gasteiger partial charge in [-0.2, -0.15) is 0 Å². The Morgan fingerprint density at radius 3 is 2.36 bits per heavy atom. The van der Waals surface area contributed by atoms with Crippen LogP contribution in [-0.4, -0.2) is 21.8 Å². The Kier molecular flexibility index (Phi) is 5.97. The molecule has 1 aliphatic heterocycles. The number of aliphatic hydroxyl groups is 1. The third-order valence-corrected chi connectivity index (χ3v) is 6.40. The average Bonchev–Trinajstić information content (AvgIpc) is 3.04. The summed E-state index contributed by atoms with van der Waals surface area (Å²) in [4.78, 5) is 32.1. The maximum atomic E-state index is 13.3. The van der Waals surface area contributed by atoms with Crippen molar-refractivity contribution in [1.82, 2.24) is 4.98 Å². The minimum atomic E-state index is -0.778. The molecule has 4 rings (SSSR count). The van der Waals surface area contributed by atoms with E-state index in [1.165, 1.54) is 4.90 Å². The fraction of sp³-hybridized carbons (Fsp3) is 0.222. The lowest BCUT2D eigenvalue weighted by molar-refractivity contribution is -0.132. The first kappa shape index (κ1) is 22.9. The summed E-state index contributed by atoms with van der Waals surface area (Å²) in [6.45, 7) is 8.15. The summed E-state index contributed by atoms with van der Waals surface area (Å²) in [5, 5.41) is 11.5. The van der Waals surface area contributed by atoms with Crippen LogP contribution in [0.1, 0.15) is 49.1 Å². The van der Waals surface area contributed by atoms with Gasteiger partial charge in [0.25, 0.3) is 11.7 Å². The number of anilines is 1. The number of rotatable bonds is 3. The van der Waals surface area contributed by atoms with E-state index in [9.17, 15) is 14.7 Å². The number of ketones is 1.